The van der Waals surface area contributed by atoms with Crippen LogP contribution in [0.15, 0.2) is 77.1 Å². The number of unbranched alkanes of at least 4 members (excludes halogenated alkanes) is 1. The fraction of sp³-hybridized carbons (Fsp3) is 0.441. The number of ether oxygens (including phenoxy) is 4. The van der Waals surface area contributed by atoms with Crippen LogP contribution in [0.2, 0.25) is 0 Å². The number of carbonyl (C=O) groups is 3. The average Bonchev–Trinajstić information content (AvgIpc) is 3.10. The van der Waals surface area contributed by atoms with Gasteiger partial charge in [0.1, 0.15) is 18.5 Å². The van der Waals surface area contributed by atoms with Crippen molar-refractivity contribution in [3.05, 3.63) is 92.8 Å². The summed E-state index contributed by atoms with van der Waals surface area (Å²) in [5.41, 5.74) is 0.987. The van der Waals surface area contributed by atoms with Gasteiger partial charge in [-0.3, -0.25) is 10.1 Å². The highest BCUT2D eigenvalue weighted by molar-refractivity contribution is 6.00. The van der Waals surface area contributed by atoms with Gasteiger partial charge in [0, 0.05) is 37.5 Å². The van der Waals surface area contributed by atoms with Crippen molar-refractivity contribution in [1.82, 2.24) is 21.3 Å². The lowest BCUT2D eigenvalue weighted by Crippen LogP contribution is -2.38. The van der Waals surface area contributed by atoms with Crippen molar-refractivity contribution in [2.24, 2.45) is 0 Å². The van der Waals surface area contributed by atoms with Crippen LogP contribution in [0.25, 0.3) is 0 Å². The van der Waals surface area contributed by atoms with Crippen LogP contribution in [0.3, 0.4) is 0 Å². The molecule has 0 aromatic heterocycles. The van der Waals surface area contributed by atoms with E-state index in [0.717, 1.165) is 12.8 Å². The number of carbonyl (C=O) groups excluding carboxylic acids is 3. The standard InChI is InChI=1S/C34H45N5O10/c1-4-48-33(42)31-28(38-23(2)29(32(41)46-3)30(31)24-11-10-12-25(19-24)39(44)45)22-47-18-17-37-34(43)36-16-9-8-15-35-20-26(40)21-49-27-13-6-5-7-14-27/h5-7,10-14,19,26,30,35,38,40H,4,8-9,15-18,20-22H2,1-3H3,(H2,36,37,43). The van der Waals surface area contributed by atoms with E-state index in [0.29, 0.717) is 42.3 Å². The van der Waals surface area contributed by atoms with Crippen LogP contribution in [0.1, 0.15) is 38.2 Å². The van der Waals surface area contributed by atoms with E-state index in [-0.39, 0.29) is 55.8 Å². The van der Waals surface area contributed by atoms with Crippen LogP contribution < -0.4 is 26.0 Å². The topological polar surface area (TPSA) is 200 Å². The van der Waals surface area contributed by atoms with Crippen LogP contribution in [0.5, 0.6) is 5.75 Å². The van der Waals surface area contributed by atoms with Crippen molar-refractivity contribution >= 4 is 23.7 Å². The maximum Gasteiger partial charge on any atom is 0.336 e. The van der Waals surface area contributed by atoms with E-state index in [1.165, 1.54) is 25.3 Å². The second kappa shape index (κ2) is 20.4. The summed E-state index contributed by atoms with van der Waals surface area (Å²) in [6.07, 6.45) is 0.889. The number of urea groups is 1. The molecule has 0 saturated carbocycles. The second-order valence-electron chi connectivity index (χ2n) is 11.0. The van der Waals surface area contributed by atoms with E-state index in [4.69, 9.17) is 18.9 Å². The molecule has 0 saturated heterocycles. The Labute approximate surface area is 285 Å². The summed E-state index contributed by atoms with van der Waals surface area (Å²) in [4.78, 5) is 49.3. The number of non-ortho nitro benzene ring substituents is 1. The molecule has 3 rings (SSSR count). The maximum atomic E-state index is 13.3. The number of dihydropyridines is 1. The summed E-state index contributed by atoms with van der Waals surface area (Å²) in [6, 6.07) is 14.6. The number of para-hydroxylation sites is 1. The summed E-state index contributed by atoms with van der Waals surface area (Å²) < 4.78 is 21.6. The number of esters is 2. The molecule has 15 nitrogen and oxygen atoms in total. The third-order valence-corrected chi connectivity index (χ3v) is 7.37. The third-order valence-electron chi connectivity index (χ3n) is 7.37. The van der Waals surface area contributed by atoms with Crippen molar-refractivity contribution in [3.63, 3.8) is 0 Å². The third kappa shape index (κ3) is 12.2. The van der Waals surface area contributed by atoms with E-state index < -0.39 is 28.9 Å². The maximum absolute atomic E-state index is 13.3. The number of aliphatic hydroxyl groups excluding tert-OH is 1. The number of nitro benzene ring substituents is 1. The second-order valence-corrected chi connectivity index (χ2v) is 11.0. The Hall–Kier alpha value is -4.99. The zero-order chi connectivity index (χ0) is 35.6. The number of aliphatic hydroxyl groups is 1. The van der Waals surface area contributed by atoms with Crippen LogP contribution in [0, 0.1) is 10.1 Å². The highest BCUT2D eigenvalue weighted by Crippen LogP contribution is 2.40. The molecule has 0 radical (unpaired) electrons. The molecule has 5 N–H and O–H groups in total. The van der Waals surface area contributed by atoms with Crippen LogP contribution in [0.4, 0.5) is 10.5 Å². The lowest BCUT2D eigenvalue weighted by atomic mass is 9.80. The lowest BCUT2D eigenvalue weighted by molar-refractivity contribution is -0.384. The molecule has 15 heteroatoms. The van der Waals surface area contributed by atoms with Gasteiger partial charge in [-0.05, 0) is 50.9 Å². The van der Waals surface area contributed by atoms with Crippen molar-refractivity contribution in [2.75, 3.05) is 59.7 Å². The van der Waals surface area contributed by atoms with Crippen molar-refractivity contribution < 1.29 is 43.4 Å². The number of hydrogen-bond acceptors (Lipinski definition) is 12. The smallest absolute Gasteiger partial charge is 0.336 e. The van der Waals surface area contributed by atoms with Gasteiger partial charge in [0.2, 0.25) is 0 Å². The normalized spacial score (nSPS) is 14.8. The number of rotatable bonds is 20. The molecular weight excluding hydrogens is 638 g/mol. The molecule has 2 amide bonds. The van der Waals surface area contributed by atoms with Gasteiger partial charge in [0.15, 0.2) is 0 Å². The van der Waals surface area contributed by atoms with Gasteiger partial charge >= 0.3 is 18.0 Å². The Balaban J connectivity index is 1.46. The minimum Gasteiger partial charge on any atom is -0.491 e. The fourth-order valence-electron chi connectivity index (χ4n) is 5.08. The summed E-state index contributed by atoms with van der Waals surface area (Å²) in [7, 11) is 1.21. The highest BCUT2D eigenvalue weighted by atomic mass is 16.6. The SMILES string of the molecule is CCOC(=O)C1=C(COCCNC(=O)NCCCCNCC(O)COc2ccccc2)NC(C)=C(C(=O)OC)C1c1cccc([N+](=O)[O-])c1. The van der Waals surface area contributed by atoms with Gasteiger partial charge in [-0.15, -0.1) is 0 Å². The first-order valence-electron chi connectivity index (χ1n) is 16.0. The van der Waals surface area contributed by atoms with E-state index in [1.54, 1.807) is 19.9 Å². The van der Waals surface area contributed by atoms with Crippen LogP contribution in [-0.4, -0.2) is 93.8 Å². The molecule has 2 aromatic rings. The zero-order valence-electron chi connectivity index (χ0n) is 28.0. The molecule has 2 aromatic carbocycles. The van der Waals surface area contributed by atoms with Gasteiger partial charge in [0.05, 0.1) is 54.6 Å². The van der Waals surface area contributed by atoms with Gasteiger partial charge < -0.3 is 45.3 Å². The number of nitrogens with one attached hydrogen (secondary N) is 4. The number of nitrogens with zero attached hydrogens (tertiary/aromatic N) is 1. The predicted molar refractivity (Wildman–Crippen MR) is 180 cm³/mol. The molecular formula is C34H45N5O10. The van der Waals surface area contributed by atoms with E-state index in [9.17, 15) is 29.6 Å². The number of amides is 2. The van der Waals surface area contributed by atoms with Gasteiger partial charge in [-0.25, -0.2) is 14.4 Å². The molecule has 1 aliphatic rings. The summed E-state index contributed by atoms with van der Waals surface area (Å²) in [5.74, 6) is -1.75. The summed E-state index contributed by atoms with van der Waals surface area (Å²) >= 11 is 0. The number of nitro groups is 1. The van der Waals surface area contributed by atoms with E-state index in [2.05, 4.69) is 21.3 Å². The van der Waals surface area contributed by atoms with Crippen LogP contribution in [-0.2, 0) is 23.8 Å². The molecule has 0 bridgehead atoms. The van der Waals surface area contributed by atoms with Crippen LogP contribution >= 0.6 is 0 Å². The number of methoxy groups -OCH3 is 1. The molecule has 49 heavy (non-hydrogen) atoms. The molecule has 2 atom stereocenters. The largest absolute Gasteiger partial charge is 0.491 e. The first kappa shape index (κ1) is 38.5. The Kier molecular flexibility index (Phi) is 16.0. The predicted octanol–water partition coefficient (Wildman–Crippen LogP) is 2.67. The number of benzene rings is 2. The van der Waals surface area contributed by atoms with Gasteiger partial charge in [0.25, 0.3) is 5.69 Å². The lowest BCUT2D eigenvalue weighted by Gasteiger charge is -2.31. The Morgan fingerprint density at radius 1 is 1.00 bits per heavy atom. The molecule has 0 fully saturated rings. The Bertz CT molecular complexity index is 1480. The summed E-state index contributed by atoms with van der Waals surface area (Å²) in [6.45, 7) is 5.22. The minimum absolute atomic E-state index is 0.0532. The zero-order valence-corrected chi connectivity index (χ0v) is 28.0. The quantitative estimate of drug-likeness (QED) is 0.0593. The summed E-state index contributed by atoms with van der Waals surface area (Å²) in [5, 5.41) is 33.3. The Morgan fingerprint density at radius 2 is 1.73 bits per heavy atom. The van der Waals surface area contributed by atoms with Crippen molar-refractivity contribution in [2.45, 2.75) is 38.7 Å². The molecule has 1 aliphatic heterocycles. The average molecular weight is 684 g/mol. The van der Waals surface area contributed by atoms with Gasteiger partial charge in [-0.1, -0.05) is 30.3 Å². The highest BCUT2D eigenvalue weighted by Gasteiger charge is 2.39. The minimum atomic E-state index is -1.02. The van der Waals surface area contributed by atoms with Crippen molar-refractivity contribution in [1.29, 1.82) is 0 Å². The number of allylic oxidation sites excluding steroid dienone is 1. The van der Waals surface area contributed by atoms with Crippen molar-refractivity contribution in [3.8, 4) is 5.75 Å². The molecule has 2 unspecified atom stereocenters. The Morgan fingerprint density at radius 3 is 2.45 bits per heavy atom. The first-order valence-corrected chi connectivity index (χ1v) is 16.0. The van der Waals surface area contributed by atoms with E-state index in [1.807, 2.05) is 30.3 Å². The first-order chi connectivity index (χ1) is 23.7. The fourth-order valence-corrected chi connectivity index (χ4v) is 5.08. The monoisotopic (exact) mass is 683 g/mol. The van der Waals surface area contributed by atoms with Gasteiger partial charge in [-0.2, -0.15) is 0 Å². The number of hydrogen-bond donors (Lipinski definition) is 5. The molecule has 266 valence electrons. The molecule has 1 heterocycles. The van der Waals surface area contributed by atoms with E-state index >= 15 is 0 Å². The molecule has 0 spiro atoms. The molecule has 0 aliphatic carbocycles.